The molecule has 0 aliphatic carbocycles. The van der Waals surface area contributed by atoms with Gasteiger partial charge < -0.3 is 9.26 Å². The highest BCUT2D eigenvalue weighted by Crippen LogP contribution is 2.29. The first-order valence-corrected chi connectivity index (χ1v) is 10.1. The van der Waals surface area contributed by atoms with Gasteiger partial charge in [-0.25, -0.2) is 13.4 Å². The number of ether oxygens (including phenoxy) is 1. The molecule has 13 heteroatoms. The van der Waals surface area contributed by atoms with E-state index in [1.807, 2.05) is 0 Å². The maximum atomic E-state index is 12.6. The number of hydrogen-bond donors (Lipinski definition) is 0. The fourth-order valence-electron chi connectivity index (χ4n) is 2.87. The van der Waals surface area contributed by atoms with Gasteiger partial charge in [-0.2, -0.15) is 22.5 Å². The second kappa shape index (κ2) is 7.65. The van der Waals surface area contributed by atoms with Crippen molar-refractivity contribution >= 4 is 10.0 Å². The molecule has 0 unspecified atom stereocenters. The minimum atomic E-state index is -4.73. The summed E-state index contributed by atoms with van der Waals surface area (Å²) in [7, 11) is -3.66. The Labute approximate surface area is 168 Å². The third-order valence-corrected chi connectivity index (χ3v) is 6.18. The van der Waals surface area contributed by atoms with Gasteiger partial charge in [-0.15, -0.1) is 0 Å². The molecule has 9 nitrogen and oxygen atoms in total. The number of alkyl halides is 3. The Balaban J connectivity index is 1.40. The van der Waals surface area contributed by atoms with Crippen LogP contribution in [0, 0.1) is 0 Å². The van der Waals surface area contributed by atoms with Crippen molar-refractivity contribution in [1.82, 2.24) is 24.4 Å². The topological polar surface area (TPSA) is 111 Å². The van der Waals surface area contributed by atoms with Crippen molar-refractivity contribution in [2.45, 2.75) is 23.6 Å². The van der Waals surface area contributed by atoms with Crippen LogP contribution in [-0.2, 0) is 16.2 Å². The summed E-state index contributed by atoms with van der Waals surface area (Å²) < 4.78 is 74.1. The highest BCUT2D eigenvalue weighted by molar-refractivity contribution is 7.89. The molecule has 3 aromatic heterocycles. The Kier molecular flexibility index (Phi) is 5.15. The van der Waals surface area contributed by atoms with E-state index in [2.05, 4.69) is 24.6 Å². The van der Waals surface area contributed by atoms with Crippen molar-refractivity contribution in [2.24, 2.45) is 0 Å². The van der Waals surface area contributed by atoms with E-state index in [9.17, 15) is 21.6 Å². The van der Waals surface area contributed by atoms with Crippen molar-refractivity contribution in [2.75, 3.05) is 13.1 Å². The zero-order chi connectivity index (χ0) is 21.4. The third kappa shape index (κ3) is 4.11. The largest absolute Gasteiger partial charge is 0.473 e. The molecule has 0 aromatic carbocycles. The zero-order valence-electron chi connectivity index (χ0n) is 15.2. The number of pyridine rings is 2. The van der Waals surface area contributed by atoms with E-state index in [0.29, 0.717) is 6.42 Å². The van der Waals surface area contributed by atoms with Gasteiger partial charge in [0.1, 0.15) is 11.0 Å². The molecule has 0 spiro atoms. The van der Waals surface area contributed by atoms with Gasteiger partial charge in [0.15, 0.2) is 0 Å². The second-order valence-electron chi connectivity index (χ2n) is 6.39. The quantitative estimate of drug-likeness (QED) is 0.593. The molecule has 0 bridgehead atoms. The maximum Gasteiger partial charge on any atom is 0.471 e. The van der Waals surface area contributed by atoms with Gasteiger partial charge >= 0.3 is 12.1 Å². The van der Waals surface area contributed by atoms with Crippen LogP contribution in [0.2, 0.25) is 0 Å². The summed E-state index contributed by atoms with van der Waals surface area (Å²) >= 11 is 0. The number of hydrogen-bond acceptors (Lipinski definition) is 8. The average Bonchev–Trinajstić information content (AvgIpc) is 3.39. The number of nitrogens with zero attached hydrogens (tertiary/aromatic N) is 5. The van der Waals surface area contributed by atoms with Crippen LogP contribution in [0.15, 0.2) is 52.3 Å². The summed E-state index contributed by atoms with van der Waals surface area (Å²) in [5.41, 5.74) is 0.216. The summed E-state index contributed by atoms with van der Waals surface area (Å²) in [5.74, 6) is -1.50. The molecule has 1 aliphatic rings. The summed E-state index contributed by atoms with van der Waals surface area (Å²) in [4.78, 5) is 11.3. The molecule has 0 amide bonds. The first-order chi connectivity index (χ1) is 14.2. The molecule has 1 fully saturated rings. The van der Waals surface area contributed by atoms with E-state index < -0.39 is 28.2 Å². The van der Waals surface area contributed by atoms with Crippen LogP contribution in [0.25, 0.3) is 11.4 Å². The molecule has 1 saturated heterocycles. The normalized spacial score (nSPS) is 17.9. The second-order valence-corrected chi connectivity index (χ2v) is 8.32. The van der Waals surface area contributed by atoms with Crippen molar-refractivity contribution in [3.8, 4) is 17.3 Å². The third-order valence-electron chi connectivity index (χ3n) is 4.33. The smallest absolute Gasteiger partial charge is 0.471 e. The van der Waals surface area contributed by atoms with Crippen LogP contribution < -0.4 is 4.74 Å². The number of halogens is 3. The molecule has 158 valence electrons. The van der Waals surface area contributed by atoms with Crippen LogP contribution in [0.5, 0.6) is 5.88 Å². The molecule has 0 N–H and O–H groups in total. The minimum Gasteiger partial charge on any atom is -0.473 e. The molecule has 1 aliphatic heterocycles. The average molecular weight is 441 g/mol. The summed E-state index contributed by atoms with van der Waals surface area (Å²) in [6.07, 6.45) is -0.667. The first kappa shape index (κ1) is 20.2. The van der Waals surface area contributed by atoms with Gasteiger partial charge in [0.05, 0.1) is 6.54 Å². The zero-order valence-corrected chi connectivity index (χ0v) is 16.0. The van der Waals surface area contributed by atoms with E-state index in [4.69, 9.17) is 4.74 Å². The van der Waals surface area contributed by atoms with Crippen LogP contribution in [0.1, 0.15) is 12.3 Å². The predicted molar refractivity (Wildman–Crippen MR) is 94.6 cm³/mol. The Hall–Kier alpha value is -3.06. The predicted octanol–water partition coefficient (Wildman–Crippen LogP) is 2.39. The lowest BCUT2D eigenvalue weighted by atomic mass is 10.2. The van der Waals surface area contributed by atoms with Gasteiger partial charge in [0.25, 0.3) is 0 Å². The van der Waals surface area contributed by atoms with Crippen molar-refractivity contribution in [3.05, 3.63) is 48.7 Å². The lowest BCUT2D eigenvalue weighted by molar-refractivity contribution is -0.159. The molecule has 0 radical (unpaired) electrons. The number of aromatic nitrogens is 4. The van der Waals surface area contributed by atoms with Crippen LogP contribution in [-0.4, -0.2) is 52.0 Å². The Bertz CT molecular complexity index is 1120. The molecule has 3 aromatic rings. The van der Waals surface area contributed by atoms with Crippen LogP contribution >= 0.6 is 0 Å². The van der Waals surface area contributed by atoms with E-state index >= 15 is 0 Å². The van der Waals surface area contributed by atoms with E-state index in [-0.39, 0.29) is 35.3 Å². The standard InChI is InChI=1S/C17H14F3N5O4S/c18-17(19,20)16-23-15(24-29-16)11-3-4-14(22-8-11)28-12-5-7-25(10-12)30(26,27)13-2-1-6-21-9-13/h1-4,6,8-9,12H,5,7,10H2/t12-/m0/s1. The summed E-state index contributed by atoms with van der Waals surface area (Å²) in [6.45, 7) is 0.420. The van der Waals surface area contributed by atoms with Crippen molar-refractivity contribution in [3.63, 3.8) is 0 Å². The van der Waals surface area contributed by atoms with Gasteiger partial charge in [-0.05, 0) is 24.6 Å². The van der Waals surface area contributed by atoms with E-state index in [1.54, 1.807) is 6.07 Å². The van der Waals surface area contributed by atoms with Crippen molar-refractivity contribution in [1.29, 1.82) is 0 Å². The molecule has 30 heavy (non-hydrogen) atoms. The van der Waals surface area contributed by atoms with Gasteiger partial charge in [-0.1, -0.05) is 5.16 Å². The van der Waals surface area contributed by atoms with Crippen molar-refractivity contribution < 1.29 is 30.8 Å². The maximum absolute atomic E-state index is 12.6. The Morgan fingerprint density at radius 1 is 1.20 bits per heavy atom. The fourth-order valence-corrected chi connectivity index (χ4v) is 4.32. The van der Waals surface area contributed by atoms with E-state index in [0.717, 1.165) is 0 Å². The lowest BCUT2D eigenvalue weighted by Crippen LogP contribution is -2.31. The van der Waals surface area contributed by atoms with Gasteiger partial charge in [0.2, 0.25) is 21.7 Å². The lowest BCUT2D eigenvalue weighted by Gasteiger charge is -2.16. The highest BCUT2D eigenvalue weighted by Gasteiger charge is 2.38. The molecular weight excluding hydrogens is 427 g/mol. The number of sulfonamides is 1. The monoisotopic (exact) mass is 441 g/mol. The summed E-state index contributed by atoms with van der Waals surface area (Å²) in [6, 6.07) is 5.90. The van der Waals surface area contributed by atoms with Gasteiger partial charge in [0, 0.05) is 36.8 Å². The van der Waals surface area contributed by atoms with Crippen LogP contribution in [0.4, 0.5) is 13.2 Å². The Morgan fingerprint density at radius 2 is 2.03 bits per heavy atom. The molecule has 0 saturated carbocycles. The van der Waals surface area contributed by atoms with Crippen LogP contribution in [0.3, 0.4) is 0 Å². The van der Waals surface area contributed by atoms with Gasteiger partial charge in [-0.3, -0.25) is 4.98 Å². The highest BCUT2D eigenvalue weighted by atomic mass is 32.2. The fraction of sp³-hybridized carbons (Fsp3) is 0.294. The number of rotatable bonds is 5. The minimum absolute atomic E-state index is 0.103. The molecule has 1 atom stereocenters. The SMILES string of the molecule is O=S(=O)(c1cccnc1)N1CC[C@H](Oc2ccc(-c3noc(C(F)(F)F)n3)cn2)C1. The molecule has 4 rings (SSSR count). The molecule has 4 heterocycles. The first-order valence-electron chi connectivity index (χ1n) is 8.67. The summed E-state index contributed by atoms with van der Waals surface area (Å²) in [5, 5.41) is 3.29. The molecular formula is C17H14F3N5O4S. The Morgan fingerprint density at radius 3 is 2.67 bits per heavy atom. The van der Waals surface area contributed by atoms with E-state index in [1.165, 1.54) is 41.1 Å².